The molecule has 104 valence electrons. The van der Waals surface area contributed by atoms with Crippen LogP contribution >= 0.6 is 0 Å². The van der Waals surface area contributed by atoms with Gasteiger partial charge < -0.3 is 15.2 Å². The van der Waals surface area contributed by atoms with Gasteiger partial charge in [0, 0.05) is 6.04 Å². The molecule has 1 heterocycles. The number of ether oxygens (including phenoxy) is 1. The van der Waals surface area contributed by atoms with Crippen LogP contribution < -0.4 is 10.1 Å². The second-order valence-electron chi connectivity index (χ2n) is 5.36. The molecule has 3 nitrogen and oxygen atoms in total. The number of fused-ring (bicyclic) bond motifs is 1. The number of hydrogen-bond acceptors (Lipinski definition) is 3. The van der Waals surface area contributed by atoms with E-state index in [1.807, 2.05) is 30.3 Å². The van der Waals surface area contributed by atoms with Crippen molar-refractivity contribution in [3.63, 3.8) is 0 Å². The van der Waals surface area contributed by atoms with Crippen molar-refractivity contribution in [1.29, 1.82) is 0 Å². The maximum atomic E-state index is 9.77. The zero-order valence-corrected chi connectivity index (χ0v) is 11.8. The molecular formula is C17H19NO2. The Balaban J connectivity index is 2.07. The molecule has 0 saturated carbocycles. The topological polar surface area (TPSA) is 41.5 Å². The number of nitrogens with one attached hydrogen (secondary N) is 1. The van der Waals surface area contributed by atoms with E-state index in [4.69, 9.17) is 4.74 Å². The first-order valence-electron chi connectivity index (χ1n) is 6.89. The molecule has 2 aromatic rings. The molecule has 0 fully saturated rings. The molecule has 3 heteroatoms. The van der Waals surface area contributed by atoms with Crippen molar-refractivity contribution in [2.45, 2.75) is 25.4 Å². The van der Waals surface area contributed by atoms with Gasteiger partial charge >= 0.3 is 0 Å². The Labute approximate surface area is 119 Å². The summed E-state index contributed by atoms with van der Waals surface area (Å²) in [4.78, 5) is 0. The standard InChI is InChI=1S/C17H19NO2/c1-11-8-12-6-7-14(19)10-16(12)17(18-11)13-4-3-5-15(9-13)20-2/h3-7,9-11,17-19H,8H2,1-2H3. The molecule has 2 N–H and O–H groups in total. The van der Waals surface area contributed by atoms with Gasteiger partial charge in [0.05, 0.1) is 13.2 Å². The van der Waals surface area contributed by atoms with Gasteiger partial charge in [-0.3, -0.25) is 0 Å². The summed E-state index contributed by atoms with van der Waals surface area (Å²) in [7, 11) is 1.68. The molecule has 2 aromatic carbocycles. The summed E-state index contributed by atoms with van der Waals surface area (Å²) in [5.74, 6) is 1.16. The quantitative estimate of drug-likeness (QED) is 0.880. The SMILES string of the molecule is COc1cccc(C2NC(C)Cc3ccc(O)cc32)c1. The van der Waals surface area contributed by atoms with Gasteiger partial charge in [-0.15, -0.1) is 0 Å². The lowest BCUT2D eigenvalue weighted by Crippen LogP contribution is -2.37. The van der Waals surface area contributed by atoms with Gasteiger partial charge in [-0.25, -0.2) is 0 Å². The third-order valence-electron chi connectivity index (χ3n) is 3.84. The number of methoxy groups -OCH3 is 1. The number of hydrogen-bond donors (Lipinski definition) is 2. The minimum atomic E-state index is 0.0935. The van der Waals surface area contributed by atoms with Gasteiger partial charge in [-0.05, 0) is 54.3 Å². The van der Waals surface area contributed by atoms with Crippen LogP contribution in [0.2, 0.25) is 0 Å². The van der Waals surface area contributed by atoms with E-state index in [1.165, 1.54) is 5.56 Å². The lowest BCUT2D eigenvalue weighted by atomic mass is 9.87. The largest absolute Gasteiger partial charge is 0.508 e. The molecule has 20 heavy (non-hydrogen) atoms. The molecule has 0 radical (unpaired) electrons. The number of benzene rings is 2. The van der Waals surface area contributed by atoms with Gasteiger partial charge in [0.2, 0.25) is 0 Å². The van der Waals surface area contributed by atoms with Crippen molar-refractivity contribution in [2.24, 2.45) is 0 Å². The van der Waals surface area contributed by atoms with E-state index in [0.29, 0.717) is 11.8 Å². The molecule has 3 rings (SSSR count). The first kappa shape index (κ1) is 13.0. The average molecular weight is 269 g/mol. The Hall–Kier alpha value is -2.00. The minimum Gasteiger partial charge on any atom is -0.508 e. The first-order chi connectivity index (χ1) is 9.67. The van der Waals surface area contributed by atoms with Crippen LogP contribution in [0, 0.1) is 0 Å². The highest BCUT2D eigenvalue weighted by Crippen LogP contribution is 2.33. The van der Waals surface area contributed by atoms with E-state index in [9.17, 15) is 5.11 Å². The molecule has 0 spiro atoms. The van der Waals surface area contributed by atoms with Crippen molar-refractivity contribution in [1.82, 2.24) is 5.32 Å². The van der Waals surface area contributed by atoms with Crippen LogP contribution in [-0.2, 0) is 6.42 Å². The summed E-state index contributed by atoms with van der Waals surface area (Å²) >= 11 is 0. The molecular weight excluding hydrogens is 250 g/mol. The summed E-state index contributed by atoms with van der Waals surface area (Å²) in [6, 6.07) is 14.2. The van der Waals surface area contributed by atoms with Crippen LogP contribution in [0.1, 0.15) is 29.7 Å². The Bertz CT molecular complexity index is 624. The highest BCUT2D eigenvalue weighted by molar-refractivity contribution is 5.45. The minimum absolute atomic E-state index is 0.0935. The van der Waals surface area contributed by atoms with Crippen LogP contribution in [-0.4, -0.2) is 18.3 Å². The molecule has 2 atom stereocenters. The maximum Gasteiger partial charge on any atom is 0.119 e. The van der Waals surface area contributed by atoms with Gasteiger partial charge in [-0.2, -0.15) is 0 Å². The molecule has 0 aliphatic carbocycles. The smallest absolute Gasteiger partial charge is 0.119 e. The van der Waals surface area contributed by atoms with E-state index >= 15 is 0 Å². The number of phenolic OH excluding ortho intramolecular Hbond substituents is 1. The number of phenols is 1. The van der Waals surface area contributed by atoms with E-state index < -0.39 is 0 Å². The van der Waals surface area contributed by atoms with Gasteiger partial charge in [0.1, 0.15) is 11.5 Å². The molecule has 1 aliphatic rings. The summed E-state index contributed by atoms with van der Waals surface area (Å²) < 4.78 is 5.31. The third kappa shape index (κ3) is 2.37. The second kappa shape index (κ2) is 5.17. The van der Waals surface area contributed by atoms with E-state index in [0.717, 1.165) is 23.3 Å². The van der Waals surface area contributed by atoms with Crippen molar-refractivity contribution < 1.29 is 9.84 Å². The fourth-order valence-electron chi connectivity index (χ4n) is 2.90. The fourth-order valence-corrected chi connectivity index (χ4v) is 2.90. The Morgan fingerprint density at radius 3 is 2.85 bits per heavy atom. The summed E-state index contributed by atoms with van der Waals surface area (Å²) in [5, 5.41) is 13.4. The Kier molecular flexibility index (Phi) is 3.36. The van der Waals surface area contributed by atoms with E-state index in [2.05, 4.69) is 18.3 Å². The predicted molar refractivity (Wildman–Crippen MR) is 79.2 cm³/mol. The number of rotatable bonds is 2. The number of aromatic hydroxyl groups is 1. The summed E-state index contributed by atoms with van der Waals surface area (Å²) in [6.45, 7) is 2.18. The normalized spacial score (nSPS) is 21.3. The summed E-state index contributed by atoms with van der Waals surface area (Å²) in [5.41, 5.74) is 3.60. The summed E-state index contributed by atoms with van der Waals surface area (Å²) in [6.07, 6.45) is 0.982. The molecule has 0 amide bonds. The lowest BCUT2D eigenvalue weighted by molar-refractivity contribution is 0.411. The van der Waals surface area contributed by atoms with Crippen molar-refractivity contribution in [2.75, 3.05) is 7.11 Å². The highest BCUT2D eigenvalue weighted by atomic mass is 16.5. The van der Waals surface area contributed by atoms with Crippen LogP contribution in [0.15, 0.2) is 42.5 Å². The molecule has 2 unspecified atom stereocenters. The van der Waals surface area contributed by atoms with Crippen LogP contribution in [0.3, 0.4) is 0 Å². The van der Waals surface area contributed by atoms with Crippen LogP contribution in [0.25, 0.3) is 0 Å². The van der Waals surface area contributed by atoms with Gasteiger partial charge in [0.25, 0.3) is 0 Å². The predicted octanol–water partition coefficient (Wildman–Crippen LogP) is 3.02. The van der Waals surface area contributed by atoms with Crippen LogP contribution in [0.5, 0.6) is 11.5 Å². The Morgan fingerprint density at radius 1 is 1.20 bits per heavy atom. The zero-order valence-electron chi connectivity index (χ0n) is 11.8. The molecule has 0 saturated heterocycles. The first-order valence-corrected chi connectivity index (χ1v) is 6.89. The van der Waals surface area contributed by atoms with Gasteiger partial charge in [-0.1, -0.05) is 18.2 Å². The highest BCUT2D eigenvalue weighted by Gasteiger charge is 2.25. The molecule has 1 aliphatic heterocycles. The van der Waals surface area contributed by atoms with Crippen molar-refractivity contribution >= 4 is 0 Å². The van der Waals surface area contributed by atoms with E-state index in [-0.39, 0.29) is 6.04 Å². The van der Waals surface area contributed by atoms with Gasteiger partial charge in [0.15, 0.2) is 0 Å². The lowest BCUT2D eigenvalue weighted by Gasteiger charge is -2.32. The van der Waals surface area contributed by atoms with Crippen molar-refractivity contribution in [3.8, 4) is 11.5 Å². The molecule has 0 bridgehead atoms. The Morgan fingerprint density at radius 2 is 2.05 bits per heavy atom. The maximum absolute atomic E-state index is 9.77. The second-order valence-corrected chi connectivity index (χ2v) is 5.36. The zero-order chi connectivity index (χ0) is 14.1. The van der Waals surface area contributed by atoms with Crippen LogP contribution in [0.4, 0.5) is 0 Å². The monoisotopic (exact) mass is 269 g/mol. The van der Waals surface area contributed by atoms with E-state index in [1.54, 1.807) is 13.2 Å². The fraction of sp³-hybridized carbons (Fsp3) is 0.294. The van der Waals surface area contributed by atoms with Crippen molar-refractivity contribution in [3.05, 3.63) is 59.2 Å². The third-order valence-corrected chi connectivity index (χ3v) is 3.84. The molecule has 0 aromatic heterocycles. The average Bonchev–Trinajstić information content (AvgIpc) is 2.47.